The second-order valence-corrected chi connectivity index (χ2v) is 4.40. The fourth-order valence-electron chi connectivity index (χ4n) is 0.800. The molecule has 3 N–H and O–H groups in total. The highest BCUT2D eigenvalue weighted by Gasteiger charge is 2.11. The molecular formula is C9H14N2OS. The van der Waals surface area contributed by atoms with Crippen LogP contribution in [0.5, 0.6) is 0 Å². The van der Waals surface area contributed by atoms with Crippen molar-refractivity contribution in [2.24, 2.45) is 0 Å². The minimum atomic E-state index is -0.336. The van der Waals surface area contributed by atoms with Crippen LogP contribution >= 0.6 is 11.8 Å². The topological polar surface area (TPSA) is 59.1 Å². The molecule has 3 nitrogen and oxygen atoms in total. The van der Waals surface area contributed by atoms with E-state index >= 15 is 0 Å². The molecule has 13 heavy (non-hydrogen) atoms. The quantitative estimate of drug-likeness (QED) is 0.723. The Morgan fingerprint density at radius 1 is 1.54 bits per heavy atom. The van der Waals surface area contributed by atoms with Crippen molar-refractivity contribution in [1.82, 2.24) is 4.98 Å². The third-order valence-electron chi connectivity index (χ3n) is 1.80. The first-order chi connectivity index (χ1) is 6.11. The Bertz CT molecular complexity index is 278. The van der Waals surface area contributed by atoms with Gasteiger partial charge in [0, 0.05) is 16.3 Å². The first-order valence-electron chi connectivity index (χ1n) is 4.15. The van der Waals surface area contributed by atoms with Crippen molar-refractivity contribution in [3.05, 3.63) is 18.5 Å². The lowest BCUT2D eigenvalue weighted by molar-refractivity contribution is 0.196. The summed E-state index contributed by atoms with van der Waals surface area (Å²) in [5, 5.41) is 9.44. The standard InChI is InChI=1S/C9H14N2OS/c1-6(12)7(2)13-9-3-4-11-5-8(9)10/h3-7,12H,10H2,1-2H3. The molecule has 0 saturated carbocycles. The highest BCUT2D eigenvalue weighted by molar-refractivity contribution is 8.00. The Morgan fingerprint density at radius 2 is 2.23 bits per heavy atom. The highest BCUT2D eigenvalue weighted by atomic mass is 32.2. The van der Waals surface area contributed by atoms with Gasteiger partial charge < -0.3 is 10.8 Å². The summed E-state index contributed by atoms with van der Waals surface area (Å²) in [4.78, 5) is 4.87. The monoisotopic (exact) mass is 198 g/mol. The van der Waals surface area contributed by atoms with E-state index in [2.05, 4.69) is 4.98 Å². The van der Waals surface area contributed by atoms with Gasteiger partial charge in [0.15, 0.2) is 0 Å². The summed E-state index contributed by atoms with van der Waals surface area (Å²) in [6.45, 7) is 3.74. The largest absolute Gasteiger partial charge is 0.397 e. The molecule has 0 aliphatic carbocycles. The van der Waals surface area contributed by atoms with Crippen molar-refractivity contribution < 1.29 is 5.11 Å². The molecule has 0 radical (unpaired) electrons. The van der Waals surface area contributed by atoms with E-state index in [-0.39, 0.29) is 11.4 Å². The number of nitrogens with two attached hydrogens (primary N) is 1. The van der Waals surface area contributed by atoms with E-state index in [1.807, 2.05) is 13.0 Å². The van der Waals surface area contributed by atoms with Gasteiger partial charge in [0.2, 0.25) is 0 Å². The van der Waals surface area contributed by atoms with Crippen LogP contribution in [0.25, 0.3) is 0 Å². The van der Waals surface area contributed by atoms with Gasteiger partial charge in [-0.15, -0.1) is 11.8 Å². The molecule has 0 bridgehead atoms. The lowest BCUT2D eigenvalue weighted by Gasteiger charge is -2.14. The summed E-state index contributed by atoms with van der Waals surface area (Å²) < 4.78 is 0. The first-order valence-corrected chi connectivity index (χ1v) is 5.03. The number of thioether (sulfide) groups is 1. The number of nitrogens with zero attached hydrogens (tertiary/aromatic N) is 1. The van der Waals surface area contributed by atoms with Crippen LogP contribution in [0.4, 0.5) is 5.69 Å². The normalized spacial score (nSPS) is 15.3. The lowest BCUT2D eigenvalue weighted by Crippen LogP contribution is -2.15. The molecule has 0 aromatic carbocycles. The summed E-state index contributed by atoms with van der Waals surface area (Å²) in [6, 6.07) is 1.86. The molecular weight excluding hydrogens is 184 g/mol. The molecule has 1 rings (SSSR count). The molecule has 0 aliphatic rings. The number of hydrogen-bond acceptors (Lipinski definition) is 4. The highest BCUT2D eigenvalue weighted by Crippen LogP contribution is 2.28. The minimum absolute atomic E-state index is 0.143. The Hall–Kier alpha value is -0.740. The van der Waals surface area contributed by atoms with E-state index in [0.717, 1.165) is 4.90 Å². The number of aliphatic hydroxyl groups excluding tert-OH is 1. The molecule has 1 heterocycles. The minimum Gasteiger partial charge on any atom is -0.397 e. The Morgan fingerprint density at radius 3 is 2.77 bits per heavy atom. The van der Waals surface area contributed by atoms with Crippen molar-refractivity contribution in [3.8, 4) is 0 Å². The van der Waals surface area contributed by atoms with Gasteiger partial charge in [-0.25, -0.2) is 0 Å². The van der Waals surface area contributed by atoms with Crippen LogP contribution < -0.4 is 5.73 Å². The van der Waals surface area contributed by atoms with Gasteiger partial charge >= 0.3 is 0 Å². The Kier molecular flexibility index (Phi) is 3.57. The van der Waals surface area contributed by atoms with E-state index in [0.29, 0.717) is 5.69 Å². The SMILES string of the molecule is CC(O)C(C)Sc1ccncc1N. The fraction of sp³-hybridized carbons (Fsp3) is 0.444. The summed E-state index contributed by atoms with van der Waals surface area (Å²) >= 11 is 1.56. The molecule has 1 aromatic rings. The van der Waals surface area contributed by atoms with Crippen LogP contribution in [-0.2, 0) is 0 Å². The number of pyridine rings is 1. The summed E-state index contributed by atoms with van der Waals surface area (Å²) in [5.74, 6) is 0. The predicted molar refractivity (Wildman–Crippen MR) is 55.6 cm³/mol. The van der Waals surface area contributed by atoms with Crippen LogP contribution in [0.15, 0.2) is 23.4 Å². The fourth-order valence-corrected chi connectivity index (χ4v) is 1.73. The summed E-state index contributed by atoms with van der Waals surface area (Å²) in [7, 11) is 0. The zero-order chi connectivity index (χ0) is 9.84. The second kappa shape index (κ2) is 4.48. The van der Waals surface area contributed by atoms with Crippen molar-refractivity contribution in [2.45, 2.75) is 30.1 Å². The molecule has 0 saturated heterocycles. The van der Waals surface area contributed by atoms with Crippen molar-refractivity contribution in [3.63, 3.8) is 0 Å². The molecule has 0 spiro atoms. The third-order valence-corrected chi connectivity index (χ3v) is 3.19. The Labute approximate surface area is 82.4 Å². The number of nitrogen functional groups attached to an aromatic ring is 1. The average Bonchev–Trinajstić information content (AvgIpc) is 2.08. The van der Waals surface area contributed by atoms with E-state index in [4.69, 9.17) is 5.73 Å². The number of rotatable bonds is 3. The zero-order valence-electron chi connectivity index (χ0n) is 7.77. The van der Waals surface area contributed by atoms with Gasteiger partial charge in [-0.2, -0.15) is 0 Å². The second-order valence-electron chi connectivity index (χ2n) is 2.98. The van der Waals surface area contributed by atoms with Crippen LogP contribution in [-0.4, -0.2) is 21.4 Å². The molecule has 0 aliphatic heterocycles. The average molecular weight is 198 g/mol. The van der Waals surface area contributed by atoms with Crippen LogP contribution in [0.1, 0.15) is 13.8 Å². The Balaban J connectivity index is 2.69. The van der Waals surface area contributed by atoms with E-state index < -0.39 is 0 Å². The van der Waals surface area contributed by atoms with Crippen LogP contribution in [0.3, 0.4) is 0 Å². The van der Waals surface area contributed by atoms with Crippen molar-refractivity contribution in [2.75, 3.05) is 5.73 Å². The third kappa shape index (κ3) is 2.90. The molecule has 0 fully saturated rings. The van der Waals surface area contributed by atoms with Gasteiger partial charge in [0.25, 0.3) is 0 Å². The smallest absolute Gasteiger partial charge is 0.0638 e. The summed E-state index contributed by atoms with van der Waals surface area (Å²) in [5.41, 5.74) is 6.37. The summed E-state index contributed by atoms with van der Waals surface area (Å²) in [6.07, 6.45) is 2.99. The number of hydrogen-bond donors (Lipinski definition) is 2. The number of anilines is 1. The van der Waals surface area contributed by atoms with Crippen molar-refractivity contribution >= 4 is 17.4 Å². The van der Waals surface area contributed by atoms with Gasteiger partial charge in [-0.3, -0.25) is 4.98 Å². The van der Waals surface area contributed by atoms with Crippen molar-refractivity contribution in [1.29, 1.82) is 0 Å². The van der Waals surface area contributed by atoms with Gasteiger partial charge in [0.1, 0.15) is 0 Å². The maximum Gasteiger partial charge on any atom is 0.0638 e. The molecule has 2 unspecified atom stereocenters. The van der Waals surface area contributed by atoms with Crippen LogP contribution in [0, 0.1) is 0 Å². The van der Waals surface area contributed by atoms with Gasteiger partial charge in [-0.05, 0) is 13.0 Å². The molecule has 2 atom stereocenters. The van der Waals surface area contributed by atoms with Gasteiger partial charge in [-0.1, -0.05) is 6.92 Å². The molecule has 1 aromatic heterocycles. The van der Waals surface area contributed by atoms with E-state index in [1.165, 1.54) is 0 Å². The maximum atomic E-state index is 9.30. The molecule has 72 valence electrons. The van der Waals surface area contributed by atoms with Gasteiger partial charge in [0.05, 0.1) is 18.0 Å². The predicted octanol–water partition coefficient (Wildman–Crippen LogP) is 1.53. The first kappa shape index (κ1) is 10.3. The van der Waals surface area contributed by atoms with Crippen LogP contribution in [0.2, 0.25) is 0 Å². The lowest BCUT2D eigenvalue weighted by atomic mass is 10.3. The maximum absolute atomic E-state index is 9.30. The van der Waals surface area contributed by atoms with E-state index in [1.54, 1.807) is 31.1 Å². The number of aromatic nitrogens is 1. The number of aliphatic hydroxyl groups is 1. The molecule has 0 amide bonds. The van der Waals surface area contributed by atoms with E-state index in [9.17, 15) is 5.11 Å². The zero-order valence-corrected chi connectivity index (χ0v) is 8.58. The molecule has 4 heteroatoms.